The van der Waals surface area contributed by atoms with E-state index in [9.17, 15) is 48.0 Å². The van der Waals surface area contributed by atoms with Crippen molar-refractivity contribution in [2.24, 2.45) is 23.7 Å². The zero-order valence-corrected chi connectivity index (χ0v) is 15.8. The van der Waals surface area contributed by atoms with E-state index in [0.717, 1.165) is 6.08 Å². The maximum atomic E-state index is 13.0. The van der Waals surface area contributed by atoms with Gasteiger partial charge in [0.05, 0.1) is 0 Å². The van der Waals surface area contributed by atoms with E-state index in [-0.39, 0.29) is 13.0 Å². The Kier molecular flexibility index (Phi) is 5.89. The number of alkyl halides is 6. The Bertz CT molecular complexity index is 804. The van der Waals surface area contributed by atoms with Gasteiger partial charge in [-0.2, -0.15) is 26.3 Å². The van der Waals surface area contributed by atoms with E-state index in [1.165, 1.54) is 0 Å². The summed E-state index contributed by atoms with van der Waals surface area (Å²) in [6.45, 7) is 3.08. The SMILES string of the molecule is C=CC(=O)NCC1C2CCC1C(C(S(=O)(=O)C(F)(F)F)S(=O)(=O)C(F)(F)F)C2. The van der Waals surface area contributed by atoms with Crippen LogP contribution in [0.5, 0.6) is 0 Å². The van der Waals surface area contributed by atoms with Crippen LogP contribution in [0, 0.1) is 23.7 Å². The second-order valence-electron chi connectivity index (χ2n) is 6.86. The summed E-state index contributed by atoms with van der Waals surface area (Å²) in [5.41, 5.74) is -12.3. The zero-order chi connectivity index (χ0) is 21.7. The maximum absolute atomic E-state index is 13.0. The number of fused-ring (bicyclic) bond motifs is 2. The normalized spacial score (nSPS) is 28.5. The Morgan fingerprint density at radius 1 is 1.04 bits per heavy atom. The van der Waals surface area contributed by atoms with Gasteiger partial charge in [-0.05, 0) is 49.0 Å². The Hall–Kier alpha value is -1.31. The molecule has 162 valence electrons. The average molecular weight is 457 g/mol. The number of hydrogen-bond acceptors (Lipinski definition) is 5. The van der Waals surface area contributed by atoms with E-state index in [2.05, 4.69) is 11.9 Å². The molecular formula is C14H17F6NO5S2. The molecule has 1 N–H and O–H groups in total. The van der Waals surface area contributed by atoms with E-state index in [4.69, 9.17) is 0 Å². The minimum atomic E-state index is -6.66. The molecule has 14 heteroatoms. The van der Waals surface area contributed by atoms with Gasteiger partial charge in [-0.15, -0.1) is 0 Å². The van der Waals surface area contributed by atoms with E-state index in [0.29, 0.717) is 6.42 Å². The predicted molar refractivity (Wildman–Crippen MR) is 84.8 cm³/mol. The summed E-state index contributed by atoms with van der Waals surface area (Å²) in [6, 6.07) is 0. The van der Waals surface area contributed by atoms with Crippen molar-refractivity contribution in [2.45, 2.75) is 34.9 Å². The first-order valence-electron chi connectivity index (χ1n) is 8.06. The monoisotopic (exact) mass is 457 g/mol. The van der Waals surface area contributed by atoms with Crippen molar-refractivity contribution in [2.75, 3.05) is 6.54 Å². The molecule has 2 fully saturated rings. The Labute approximate surface area is 157 Å². The minimum absolute atomic E-state index is 0.0706. The summed E-state index contributed by atoms with van der Waals surface area (Å²) in [5, 5.41) is 2.37. The van der Waals surface area contributed by atoms with Gasteiger partial charge in [0.25, 0.3) is 19.7 Å². The standard InChI is InChI=1S/C14H17F6NO5S2/c1-2-11(22)21-6-10-7-3-4-8(10)9(5-7)12(27(23,24)13(15,16)17)28(25,26)14(18,19)20/h2,7-10,12H,1,3-6H2,(H,21,22). The molecule has 0 aromatic heterocycles. The molecule has 0 spiro atoms. The summed E-state index contributed by atoms with van der Waals surface area (Å²) in [4.78, 5) is 11.3. The molecular weight excluding hydrogens is 440 g/mol. The van der Waals surface area contributed by atoms with E-state index in [1.807, 2.05) is 0 Å². The lowest BCUT2D eigenvalue weighted by atomic mass is 9.89. The molecule has 0 radical (unpaired) electrons. The minimum Gasteiger partial charge on any atom is -0.352 e. The Morgan fingerprint density at radius 3 is 1.96 bits per heavy atom. The van der Waals surface area contributed by atoms with Crippen LogP contribution in [-0.4, -0.2) is 44.9 Å². The molecule has 0 aromatic carbocycles. The van der Waals surface area contributed by atoms with E-state index >= 15 is 0 Å². The van der Waals surface area contributed by atoms with Crippen LogP contribution in [0.15, 0.2) is 12.7 Å². The Morgan fingerprint density at radius 2 is 1.54 bits per heavy atom. The quantitative estimate of drug-likeness (QED) is 0.487. The average Bonchev–Trinajstić information content (AvgIpc) is 3.06. The van der Waals surface area contributed by atoms with Crippen LogP contribution in [-0.2, 0) is 24.5 Å². The number of nitrogens with one attached hydrogen (secondary N) is 1. The largest absolute Gasteiger partial charge is 0.498 e. The third kappa shape index (κ3) is 3.76. The van der Waals surface area contributed by atoms with E-state index < -0.39 is 71.3 Å². The third-order valence-electron chi connectivity index (χ3n) is 5.45. The highest BCUT2D eigenvalue weighted by Gasteiger charge is 2.68. The zero-order valence-electron chi connectivity index (χ0n) is 14.1. The lowest BCUT2D eigenvalue weighted by Crippen LogP contribution is -2.50. The molecule has 4 atom stereocenters. The molecule has 0 aromatic rings. The topological polar surface area (TPSA) is 97.4 Å². The summed E-state index contributed by atoms with van der Waals surface area (Å²) in [5.74, 6) is -4.63. The lowest BCUT2D eigenvalue weighted by molar-refractivity contribution is -0.116. The number of rotatable bonds is 6. The van der Waals surface area contributed by atoms with Crippen molar-refractivity contribution in [3.63, 3.8) is 0 Å². The molecule has 2 bridgehead atoms. The molecule has 1 amide bonds. The summed E-state index contributed by atoms with van der Waals surface area (Å²) < 4.78 is 122. The van der Waals surface area contributed by atoms with Gasteiger partial charge < -0.3 is 5.32 Å². The van der Waals surface area contributed by atoms with Gasteiger partial charge in [-0.25, -0.2) is 16.8 Å². The third-order valence-corrected chi connectivity index (χ3v) is 10.2. The van der Waals surface area contributed by atoms with Crippen molar-refractivity contribution >= 4 is 25.6 Å². The fourth-order valence-corrected chi connectivity index (χ4v) is 8.41. The van der Waals surface area contributed by atoms with Crippen molar-refractivity contribution < 1.29 is 48.0 Å². The number of carbonyl (C=O) groups excluding carboxylic acids is 1. The fraction of sp³-hybridized carbons (Fsp3) is 0.786. The summed E-state index contributed by atoms with van der Waals surface area (Å²) in [6.07, 6.45) is 0.954. The van der Waals surface area contributed by atoms with Gasteiger partial charge in [0.1, 0.15) is 0 Å². The number of hydrogen-bond donors (Lipinski definition) is 1. The summed E-state index contributed by atoms with van der Waals surface area (Å²) >= 11 is 0. The van der Waals surface area contributed by atoms with Crippen LogP contribution in [0.2, 0.25) is 0 Å². The molecule has 6 nitrogen and oxygen atoms in total. The molecule has 28 heavy (non-hydrogen) atoms. The van der Waals surface area contributed by atoms with Crippen molar-refractivity contribution in [1.82, 2.24) is 5.32 Å². The predicted octanol–water partition coefficient (Wildman–Crippen LogP) is 2.15. The second kappa shape index (κ2) is 7.18. The van der Waals surface area contributed by atoms with Crippen molar-refractivity contribution in [1.29, 1.82) is 0 Å². The smallest absolute Gasteiger partial charge is 0.352 e. The molecule has 2 rings (SSSR count). The Balaban J connectivity index is 2.47. The molecule has 0 saturated heterocycles. The van der Waals surface area contributed by atoms with Crippen LogP contribution in [0.25, 0.3) is 0 Å². The fourth-order valence-electron chi connectivity index (χ4n) is 4.34. The highest BCUT2D eigenvalue weighted by molar-refractivity contribution is 8.09. The van der Waals surface area contributed by atoms with Gasteiger partial charge >= 0.3 is 11.0 Å². The first-order valence-corrected chi connectivity index (χ1v) is 11.2. The molecule has 0 heterocycles. The van der Waals surface area contributed by atoms with Gasteiger partial charge in [-0.3, -0.25) is 4.79 Å². The van der Waals surface area contributed by atoms with Gasteiger partial charge in [0.2, 0.25) is 5.91 Å². The van der Waals surface area contributed by atoms with Crippen LogP contribution in [0.4, 0.5) is 26.3 Å². The van der Waals surface area contributed by atoms with Crippen molar-refractivity contribution in [3.05, 3.63) is 12.7 Å². The first-order chi connectivity index (χ1) is 12.6. The van der Waals surface area contributed by atoms with Crippen LogP contribution in [0.1, 0.15) is 19.3 Å². The highest BCUT2D eigenvalue weighted by Crippen LogP contribution is 2.57. The number of amides is 1. The first kappa shape index (κ1) is 23.0. The van der Waals surface area contributed by atoms with E-state index in [1.54, 1.807) is 0 Å². The molecule has 0 aliphatic heterocycles. The highest BCUT2D eigenvalue weighted by atomic mass is 32.3. The second-order valence-corrected chi connectivity index (χ2v) is 11.3. The molecule has 2 saturated carbocycles. The van der Waals surface area contributed by atoms with Crippen LogP contribution < -0.4 is 5.32 Å². The lowest BCUT2D eigenvalue weighted by Gasteiger charge is -2.31. The van der Waals surface area contributed by atoms with Crippen molar-refractivity contribution in [3.8, 4) is 0 Å². The number of sulfone groups is 2. The molecule has 4 unspecified atom stereocenters. The molecule has 2 aliphatic rings. The number of halogens is 6. The molecule has 2 aliphatic carbocycles. The number of carbonyl (C=O) groups is 1. The van der Waals surface area contributed by atoms with Crippen LogP contribution in [0.3, 0.4) is 0 Å². The maximum Gasteiger partial charge on any atom is 0.498 e. The summed E-state index contributed by atoms with van der Waals surface area (Å²) in [7, 11) is -13.3. The van der Waals surface area contributed by atoms with Gasteiger partial charge in [-0.1, -0.05) is 6.58 Å². The van der Waals surface area contributed by atoms with Gasteiger partial charge in [0.15, 0.2) is 4.58 Å². The van der Waals surface area contributed by atoms with Crippen LogP contribution >= 0.6 is 0 Å². The van der Waals surface area contributed by atoms with Gasteiger partial charge in [0, 0.05) is 6.54 Å².